The quantitative estimate of drug-likeness (QED) is 0.511. The Kier molecular flexibility index (Phi) is 6.74. The Morgan fingerprint density at radius 1 is 1.35 bits per heavy atom. The third kappa shape index (κ3) is 5.35. The zero-order chi connectivity index (χ0) is 18.2. The van der Waals surface area contributed by atoms with E-state index in [2.05, 4.69) is 29.0 Å². The summed E-state index contributed by atoms with van der Waals surface area (Å²) >= 11 is 1.71. The summed E-state index contributed by atoms with van der Waals surface area (Å²) in [6.45, 7) is 4.31. The van der Waals surface area contributed by atoms with E-state index >= 15 is 0 Å². The van der Waals surface area contributed by atoms with Gasteiger partial charge in [0.2, 0.25) is 0 Å². The molecule has 2 atom stereocenters. The van der Waals surface area contributed by atoms with Gasteiger partial charge in [0.05, 0.1) is 18.9 Å². The average Bonchev–Trinajstić information content (AvgIpc) is 3.33. The molecule has 0 aliphatic heterocycles. The zero-order valence-electron chi connectivity index (χ0n) is 15.4. The number of guanidine groups is 1. The molecule has 0 radical (unpaired) electrons. The summed E-state index contributed by atoms with van der Waals surface area (Å²) < 4.78 is 5.39. The number of nitrogens with one attached hydrogen (secondary N) is 2. The van der Waals surface area contributed by atoms with Crippen LogP contribution in [0.3, 0.4) is 0 Å². The summed E-state index contributed by atoms with van der Waals surface area (Å²) in [4.78, 5) is 5.96. The zero-order valence-corrected chi connectivity index (χ0v) is 16.2. The molecule has 1 aliphatic carbocycles. The molecule has 0 aromatic carbocycles. The molecule has 26 heavy (non-hydrogen) atoms. The predicted octanol–water partition coefficient (Wildman–Crippen LogP) is 3.56. The summed E-state index contributed by atoms with van der Waals surface area (Å²) in [5.74, 6) is 1.76. The molecule has 1 saturated carbocycles. The number of rotatable bonds is 7. The van der Waals surface area contributed by atoms with Gasteiger partial charge in [-0.15, -0.1) is 11.3 Å². The topological polar surface area (TPSA) is 69.8 Å². The van der Waals surface area contributed by atoms with Gasteiger partial charge in [0.1, 0.15) is 5.76 Å². The lowest BCUT2D eigenvalue weighted by molar-refractivity contribution is 0.00397. The molecule has 6 heteroatoms. The van der Waals surface area contributed by atoms with Crippen LogP contribution in [0, 0.1) is 5.41 Å². The summed E-state index contributed by atoms with van der Waals surface area (Å²) in [6, 6.07) is 8.04. The minimum absolute atomic E-state index is 0.0926. The van der Waals surface area contributed by atoms with Crippen molar-refractivity contribution in [2.75, 3.05) is 13.1 Å². The molecule has 2 aromatic rings. The van der Waals surface area contributed by atoms with Crippen molar-refractivity contribution in [3.8, 4) is 0 Å². The number of aliphatic imine (C=N–C) groups is 1. The molecule has 142 valence electrons. The number of aliphatic hydroxyl groups is 1. The fraction of sp³-hybridized carbons (Fsp3) is 0.550. The van der Waals surface area contributed by atoms with E-state index in [0.29, 0.717) is 6.54 Å². The number of hydrogen-bond acceptors (Lipinski definition) is 4. The molecule has 1 fully saturated rings. The first-order valence-corrected chi connectivity index (χ1v) is 10.3. The highest BCUT2D eigenvalue weighted by Crippen LogP contribution is 2.35. The van der Waals surface area contributed by atoms with Gasteiger partial charge in [0.15, 0.2) is 5.96 Å². The Morgan fingerprint density at radius 3 is 3.00 bits per heavy atom. The van der Waals surface area contributed by atoms with Crippen LogP contribution in [-0.2, 0) is 13.0 Å². The first kappa shape index (κ1) is 19.0. The molecule has 3 N–H and O–H groups in total. The maximum atomic E-state index is 10.4. The van der Waals surface area contributed by atoms with Crippen molar-refractivity contribution in [2.24, 2.45) is 10.4 Å². The van der Waals surface area contributed by atoms with E-state index < -0.39 is 0 Å². The van der Waals surface area contributed by atoms with Crippen LogP contribution < -0.4 is 10.6 Å². The molecule has 5 nitrogen and oxygen atoms in total. The van der Waals surface area contributed by atoms with Crippen LogP contribution in [0.5, 0.6) is 0 Å². The Bertz CT molecular complexity index is 669. The van der Waals surface area contributed by atoms with Gasteiger partial charge in [-0.2, -0.15) is 0 Å². The highest BCUT2D eigenvalue weighted by atomic mass is 32.1. The number of hydrogen-bond donors (Lipinski definition) is 3. The van der Waals surface area contributed by atoms with Crippen molar-refractivity contribution >= 4 is 17.3 Å². The van der Waals surface area contributed by atoms with E-state index in [1.54, 1.807) is 17.6 Å². The lowest BCUT2D eigenvalue weighted by Crippen LogP contribution is -2.48. The number of thiophene rings is 1. The normalized spacial score (nSPS) is 23.8. The number of furan rings is 1. The van der Waals surface area contributed by atoms with Crippen LogP contribution in [0.1, 0.15) is 43.2 Å². The van der Waals surface area contributed by atoms with Gasteiger partial charge < -0.3 is 20.2 Å². The van der Waals surface area contributed by atoms with Crippen molar-refractivity contribution in [1.29, 1.82) is 0 Å². The maximum absolute atomic E-state index is 10.4. The third-order valence-corrected chi connectivity index (χ3v) is 6.02. The smallest absolute Gasteiger partial charge is 0.191 e. The molecule has 0 spiro atoms. The van der Waals surface area contributed by atoms with E-state index in [9.17, 15) is 5.11 Å². The highest BCUT2D eigenvalue weighted by Gasteiger charge is 2.35. The largest absolute Gasteiger partial charge is 0.469 e. The molecular weight excluding hydrogens is 346 g/mol. The van der Waals surface area contributed by atoms with Crippen LogP contribution in [0.15, 0.2) is 45.3 Å². The van der Waals surface area contributed by atoms with Crippen LogP contribution >= 0.6 is 11.3 Å². The molecule has 0 saturated heterocycles. The van der Waals surface area contributed by atoms with Crippen molar-refractivity contribution in [2.45, 2.75) is 51.7 Å². The number of nitrogens with zero attached hydrogens (tertiary/aromatic N) is 1. The summed E-state index contributed by atoms with van der Waals surface area (Å²) in [5.41, 5.74) is -0.0926. The van der Waals surface area contributed by atoms with Crippen molar-refractivity contribution in [3.63, 3.8) is 0 Å². The monoisotopic (exact) mass is 375 g/mol. The molecule has 0 bridgehead atoms. The van der Waals surface area contributed by atoms with Crippen molar-refractivity contribution < 1.29 is 9.52 Å². The summed E-state index contributed by atoms with van der Waals surface area (Å²) in [6.07, 6.45) is 6.51. The van der Waals surface area contributed by atoms with E-state index in [0.717, 1.165) is 50.5 Å². The van der Waals surface area contributed by atoms with Crippen LogP contribution in [-0.4, -0.2) is 30.3 Å². The van der Waals surface area contributed by atoms with Crippen LogP contribution in [0.25, 0.3) is 0 Å². The van der Waals surface area contributed by atoms with E-state index in [4.69, 9.17) is 9.41 Å². The minimum atomic E-state index is -0.245. The second-order valence-corrected chi connectivity index (χ2v) is 8.30. The third-order valence-electron chi connectivity index (χ3n) is 5.16. The fourth-order valence-corrected chi connectivity index (χ4v) is 3.99. The van der Waals surface area contributed by atoms with Crippen LogP contribution in [0.2, 0.25) is 0 Å². The van der Waals surface area contributed by atoms with Gasteiger partial charge >= 0.3 is 0 Å². The second-order valence-electron chi connectivity index (χ2n) is 7.27. The Hall–Kier alpha value is -1.79. The first-order valence-electron chi connectivity index (χ1n) is 9.41. The lowest BCUT2D eigenvalue weighted by atomic mass is 9.73. The molecule has 2 aromatic heterocycles. The summed E-state index contributed by atoms with van der Waals surface area (Å²) in [5, 5.41) is 19.3. The van der Waals surface area contributed by atoms with Gasteiger partial charge in [-0.1, -0.05) is 25.8 Å². The Morgan fingerprint density at radius 2 is 2.27 bits per heavy atom. The van der Waals surface area contributed by atoms with Crippen molar-refractivity contribution in [1.82, 2.24) is 10.6 Å². The van der Waals surface area contributed by atoms with E-state index in [1.807, 2.05) is 18.2 Å². The molecule has 3 rings (SSSR count). The summed E-state index contributed by atoms with van der Waals surface area (Å²) in [7, 11) is 0. The highest BCUT2D eigenvalue weighted by molar-refractivity contribution is 7.09. The van der Waals surface area contributed by atoms with E-state index in [1.165, 1.54) is 11.3 Å². The predicted molar refractivity (Wildman–Crippen MR) is 106 cm³/mol. The average molecular weight is 376 g/mol. The molecule has 2 unspecified atom stereocenters. The molecule has 0 amide bonds. The van der Waals surface area contributed by atoms with E-state index in [-0.39, 0.29) is 11.5 Å². The maximum Gasteiger partial charge on any atom is 0.191 e. The molecule has 1 aliphatic rings. The van der Waals surface area contributed by atoms with Gasteiger partial charge in [-0.05, 0) is 36.4 Å². The van der Waals surface area contributed by atoms with Gasteiger partial charge in [0, 0.05) is 29.8 Å². The van der Waals surface area contributed by atoms with Crippen LogP contribution in [0.4, 0.5) is 0 Å². The van der Waals surface area contributed by atoms with Gasteiger partial charge in [-0.3, -0.25) is 0 Å². The standard InChI is InChI=1S/C20H29N3O2S/c1-20(10-3-2-8-18(20)24)15-23-19(22-14-17-7-5-13-26-17)21-11-9-16-6-4-12-25-16/h4-7,12-13,18,24H,2-3,8-11,14-15H2,1H3,(H2,21,22,23). The second kappa shape index (κ2) is 9.24. The van der Waals surface area contributed by atoms with Gasteiger partial charge in [0.25, 0.3) is 0 Å². The SMILES string of the molecule is CC1(CNC(=NCc2cccs2)NCCc2ccco2)CCCCC1O. The lowest BCUT2D eigenvalue weighted by Gasteiger charge is -2.38. The number of aliphatic hydroxyl groups excluding tert-OH is 1. The fourth-order valence-electron chi connectivity index (χ4n) is 3.37. The van der Waals surface area contributed by atoms with Crippen molar-refractivity contribution in [3.05, 3.63) is 46.5 Å². The Labute approximate surface area is 159 Å². The molecular formula is C20H29N3O2S. The first-order chi connectivity index (χ1) is 12.7. The minimum Gasteiger partial charge on any atom is -0.469 e. The molecule has 2 heterocycles. The van der Waals surface area contributed by atoms with Gasteiger partial charge in [-0.25, -0.2) is 4.99 Å². The Balaban J connectivity index is 1.57.